The predicted octanol–water partition coefficient (Wildman–Crippen LogP) is 4.44. The van der Waals surface area contributed by atoms with Crippen molar-refractivity contribution >= 4 is 11.8 Å². The van der Waals surface area contributed by atoms with E-state index in [1.165, 1.54) is 0 Å². The van der Waals surface area contributed by atoms with E-state index < -0.39 is 0 Å². The summed E-state index contributed by atoms with van der Waals surface area (Å²) in [4.78, 5) is 0. The lowest BCUT2D eigenvalue weighted by Crippen LogP contribution is -2.06. The molecule has 0 fully saturated rings. The molecular formula is C21H20N4O3S. The third kappa shape index (κ3) is 4.60. The van der Waals surface area contributed by atoms with Gasteiger partial charge in [0.25, 0.3) is 0 Å². The van der Waals surface area contributed by atoms with E-state index in [0.29, 0.717) is 11.6 Å². The van der Waals surface area contributed by atoms with Gasteiger partial charge in [0.05, 0.1) is 12.8 Å². The molecule has 0 unspecified atom stereocenters. The maximum Gasteiger partial charge on any atom is 0.196 e. The van der Waals surface area contributed by atoms with Crippen molar-refractivity contribution in [1.82, 2.24) is 19.9 Å². The molecule has 0 saturated carbocycles. The van der Waals surface area contributed by atoms with Crippen LogP contribution in [-0.2, 0) is 12.4 Å². The van der Waals surface area contributed by atoms with E-state index in [-0.39, 0.29) is 6.61 Å². The number of nitrogens with zero attached hydrogens (tertiary/aromatic N) is 4. The maximum absolute atomic E-state index is 5.92. The van der Waals surface area contributed by atoms with Crippen LogP contribution in [0, 0.1) is 6.92 Å². The SMILES string of the molecule is COc1ccc(OCc2nnc(SCc3cc(C)on3)n2-c2ccccc2)cc1. The van der Waals surface area contributed by atoms with Crippen LogP contribution in [0.1, 0.15) is 17.3 Å². The van der Waals surface area contributed by atoms with Gasteiger partial charge in [0.2, 0.25) is 0 Å². The molecule has 0 aliphatic heterocycles. The Morgan fingerprint density at radius 2 is 1.76 bits per heavy atom. The fourth-order valence-corrected chi connectivity index (χ4v) is 3.62. The average molecular weight is 408 g/mol. The summed E-state index contributed by atoms with van der Waals surface area (Å²) in [6.45, 7) is 2.17. The molecule has 29 heavy (non-hydrogen) atoms. The molecule has 0 atom stereocenters. The van der Waals surface area contributed by atoms with E-state index in [1.807, 2.05) is 72.2 Å². The van der Waals surface area contributed by atoms with Crippen LogP contribution in [0.4, 0.5) is 0 Å². The number of aryl methyl sites for hydroxylation is 1. The molecule has 2 heterocycles. The highest BCUT2D eigenvalue weighted by molar-refractivity contribution is 7.98. The van der Waals surface area contributed by atoms with Crippen LogP contribution in [0.3, 0.4) is 0 Å². The van der Waals surface area contributed by atoms with Crippen LogP contribution < -0.4 is 9.47 Å². The zero-order valence-electron chi connectivity index (χ0n) is 16.1. The summed E-state index contributed by atoms with van der Waals surface area (Å²) >= 11 is 1.55. The molecule has 4 rings (SSSR count). The minimum Gasteiger partial charge on any atom is -0.497 e. The molecule has 0 aliphatic rings. The van der Waals surface area contributed by atoms with Crippen molar-refractivity contribution < 1.29 is 14.0 Å². The molecule has 0 saturated heterocycles. The summed E-state index contributed by atoms with van der Waals surface area (Å²) in [6.07, 6.45) is 0. The van der Waals surface area contributed by atoms with Crippen molar-refractivity contribution in [3.8, 4) is 17.2 Å². The van der Waals surface area contributed by atoms with E-state index in [4.69, 9.17) is 14.0 Å². The number of thioether (sulfide) groups is 1. The minimum atomic E-state index is 0.290. The smallest absolute Gasteiger partial charge is 0.196 e. The molecule has 2 aromatic heterocycles. The second-order valence-corrected chi connectivity index (χ2v) is 7.19. The number of rotatable bonds is 8. The van der Waals surface area contributed by atoms with E-state index >= 15 is 0 Å². The van der Waals surface area contributed by atoms with Gasteiger partial charge in [-0.15, -0.1) is 10.2 Å². The standard InChI is InChI=1S/C21H20N4O3S/c1-15-12-16(24-28-15)14-29-21-23-22-20(25(21)17-6-4-3-5-7-17)13-27-19-10-8-18(26-2)9-11-19/h3-12H,13-14H2,1-2H3. The molecule has 0 bridgehead atoms. The molecule has 4 aromatic rings. The lowest BCUT2D eigenvalue weighted by Gasteiger charge is -2.11. The highest BCUT2D eigenvalue weighted by atomic mass is 32.2. The Morgan fingerprint density at radius 3 is 2.45 bits per heavy atom. The number of hydrogen-bond acceptors (Lipinski definition) is 7. The molecule has 0 radical (unpaired) electrons. The van der Waals surface area contributed by atoms with Crippen molar-refractivity contribution in [3.63, 3.8) is 0 Å². The quantitative estimate of drug-likeness (QED) is 0.399. The Hall–Kier alpha value is -3.26. The second-order valence-electron chi connectivity index (χ2n) is 6.25. The fourth-order valence-electron chi connectivity index (χ4n) is 2.77. The zero-order valence-corrected chi connectivity index (χ0v) is 16.9. The second kappa shape index (κ2) is 8.83. The van der Waals surface area contributed by atoms with Crippen LogP contribution in [0.25, 0.3) is 5.69 Å². The molecule has 0 aliphatic carbocycles. The summed E-state index contributed by atoms with van der Waals surface area (Å²) < 4.78 is 18.2. The van der Waals surface area contributed by atoms with E-state index in [1.54, 1.807) is 18.9 Å². The van der Waals surface area contributed by atoms with Crippen LogP contribution in [0.5, 0.6) is 11.5 Å². The monoisotopic (exact) mass is 408 g/mol. The summed E-state index contributed by atoms with van der Waals surface area (Å²) in [6, 6.07) is 19.4. The fraction of sp³-hybridized carbons (Fsp3) is 0.190. The summed E-state index contributed by atoms with van der Waals surface area (Å²) in [7, 11) is 1.64. The molecule has 7 nitrogen and oxygen atoms in total. The van der Waals surface area contributed by atoms with E-state index in [2.05, 4.69) is 15.4 Å². The van der Waals surface area contributed by atoms with Gasteiger partial charge in [0.15, 0.2) is 11.0 Å². The Kier molecular flexibility index (Phi) is 5.81. The van der Waals surface area contributed by atoms with Crippen LogP contribution in [0.2, 0.25) is 0 Å². The van der Waals surface area contributed by atoms with Gasteiger partial charge in [-0.1, -0.05) is 35.1 Å². The summed E-state index contributed by atoms with van der Waals surface area (Å²) in [5, 5.41) is 13.5. The third-order valence-electron chi connectivity index (χ3n) is 4.17. The third-order valence-corrected chi connectivity index (χ3v) is 5.13. The topological polar surface area (TPSA) is 75.2 Å². The lowest BCUT2D eigenvalue weighted by atomic mass is 10.3. The van der Waals surface area contributed by atoms with Gasteiger partial charge in [-0.2, -0.15) is 0 Å². The Balaban J connectivity index is 1.55. The van der Waals surface area contributed by atoms with Gasteiger partial charge in [-0.05, 0) is 43.3 Å². The number of hydrogen-bond donors (Lipinski definition) is 0. The van der Waals surface area contributed by atoms with Crippen molar-refractivity contribution in [1.29, 1.82) is 0 Å². The van der Waals surface area contributed by atoms with Gasteiger partial charge < -0.3 is 14.0 Å². The Bertz CT molecular complexity index is 1060. The number of benzene rings is 2. The summed E-state index contributed by atoms with van der Waals surface area (Å²) in [5.74, 6) is 3.67. The van der Waals surface area contributed by atoms with E-state index in [0.717, 1.165) is 33.8 Å². The molecule has 8 heteroatoms. The highest BCUT2D eigenvalue weighted by Gasteiger charge is 2.16. The molecule has 148 valence electrons. The van der Waals surface area contributed by atoms with E-state index in [9.17, 15) is 0 Å². The predicted molar refractivity (Wildman–Crippen MR) is 109 cm³/mol. The normalized spacial score (nSPS) is 10.8. The minimum absolute atomic E-state index is 0.290. The van der Waals surface area contributed by atoms with Gasteiger partial charge in [-0.3, -0.25) is 4.57 Å². The molecular weight excluding hydrogens is 388 g/mol. The number of methoxy groups -OCH3 is 1. The van der Waals surface area contributed by atoms with Crippen molar-refractivity contribution in [2.45, 2.75) is 24.4 Å². The lowest BCUT2D eigenvalue weighted by molar-refractivity contribution is 0.292. The van der Waals surface area contributed by atoms with Crippen LogP contribution >= 0.6 is 11.8 Å². The highest BCUT2D eigenvalue weighted by Crippen LogP contribution is 2.26. The number of para-hydroxylation sites is 1. The van der Waals surface area contributed by atoms with Crippen LogP contribution in [-0.4, -0.2) is 27.0 Å². The van der Waals surface area contributed by atoms with Gasteiger partial charge in [0, 0.05) is 17.5 Å². The van der Waals surface area contributed by atoms with Crippen molar-refractivity contribution in [2.75, 3.05) is 7.11 Å². The van der Waals surface area contributed by atoms with Crippen LogP contribution in [0.15, 0.2) is 70.3 Å². The summed E-state index contributed by atoms with van der Waals surface area (Å²) in [5.41, 5.74) is 1.84. The largest absolute Gasteiger partial charge is 0.497 e. The first-order valence-corrected chi connectivity index (χ1v) is 10.0. The molecule has 0 N–H and O–H groups in total. The number of ether oxygens (including phenoxy) is 2. The molecule has 0 amide bonds. The van der Waals surface area contributed by atoms with Crippen molar-refractivity contribution in [3.05, 3.63) is 77.9 Å². The van der Waals surface area contributed by atoms with Gasteiger partial charge in [0.1, 0.15) is 23.9 Å². The maximum atomic E-state index is 5.92. The Morgan fingerprint density at radius 1 is 1.00 bits per heavy atom. The number of aromatic nitrogens is 4. The first kappa shape index (κ1) is 19.1. The zero-order chi connectivity index (χ0) is 20.1. The first-order chi connectivity index (χ1) is 14.2. The first-order valence-electron chi connectivity index (χ1n) is 9.04. The van der Waals surface area contributed by atoms with Gasteiger partial charge >= 0.3 is 0 Å². The van der Waals surface area contributed by atoms with Crippen molar-refractivity contribution in [2.24, 2.45) is 0 Å². The molecule has 2 aromatic carbocycles. The Labute approximate surface area is 172 Å². The van der Waals surface area contributed by atoms with Gasteiger partial charge in [-0.25, -0.2) is 0 Å². The average Bonchev–Trinajstić information content (AvgIpc) is 3.37. The molecule has 0 spiro atoms.